The van der Waals surface area contributed by atoms with Gasteiger partial charge in [0.25, 0.3) is 0 Å². The molecule has 2 aromatic rings. The number of aliphatic hydroxyl groups is 2. The minimum Gasteiger partial charge on any atom is -0.445 e. The van der Waals surface area contributed by atoms with E-state index in [9.17, 15) is 19.8 Å². The van der Waals surface area contributed by atoms with Gasteiger partial charge in [-0.25, -0.2) is 4.79 Å². The summed E-state index contributed by atoms with van der Waals surface area (Å²) in [6.45, 7) is -0.134. The monoisotopic (exact) mass is 330 g/mol. The number of benzene rings is 1. The first-order chi connectivity index (χ1) is 11.6. The second kappa shape index (κ2) is 8.76. The van der Waals surface area contributed by atoms with Crippen molar-refractivity contribution in [2.45, 2.75) is 18.8 Å². The highest BCUT2D eigenvalue weighted by atomic mass is 16.5. The van der Waals surface area contributed by atoms with E-state index in [1.54, 1.807) is 0 Å². The molecule has 2 rings (SSSR count). The highest BCUT2D eigenvalue weighted by Crippen LogP contribution is 2.18. The van der Waals surface area contributed by atoms with Crippen LogP contribution in [0.4, 0.5) is 4.79 Å². The first kappa shape index (κ1) is 17.6. The molecule has 7 heteroatoms. The number of nitrogens with one attached hydrogen (secondary N) is 1. The summed E-state index contributed by atoms with van der Waals surface area (Å²) in [5, 5.41) is 22.4. The number of carbonyl (C=O) groups excluding carboxylic acids is 2. The molecule has 7 nitrogen and oxygen atoms in total. The van der Waals surface area contributed by atoms with Crippen molar-refractivity contribution in [3.05, 3.63) is 65.5 Å². The van der Waals surface area contributed by atoms with Gasteiger partial charge in [-0.3, -0.25) is 9.78 Å². The third kappa shape index (κ3) is 4.87. The molecule has 1 amide bonds. The van der Waals surface area contributed by atoms with Crippen LogP contribution in [0.3, 0.4) is 0 Å². The molecule has 0 saturated carbocycles. The fraction of sp³-hybridized carbons (Fsp3) is 0.235. The Balaban J connectivity index is 1.82. The lowest BCUT2D eigenvalue weighted by molar-refractivity contribution is 0.0178. The minimum absolute atomic E-state index is 0.100. The van der Waals surface area contributed by atoms with E-state index in [0.29, 0.717) is 6.29 Å². The highest BCUT2D eigenvalue weighted by molar-refractivity contribution is 5.77. The largest absolute Gasteiger partial charge is 0.445 e. The maximum Gasteiger partial charge on any atom is 0.407 e. The Hall–Kier alpha value is -2.77. The average molecular weight is 330 g/mol. The summed E-state index contributed by atoms with van der Waals surface area (Å²) < 4.78 is 5.00. The van der Waals surface area contributed by atoms with Crippen molar-refractivity contribution in [2.75, 3.05) is 6.54 Å². The van der Waals surface area contributed by atoms with Crippen LogP contribution in [0.1, 0.15) is 27.6 Å². The van der Waals surface area contributed by atoms with E-state index in [1.165, 1.54) is 18.5 Å². The first-order valence-corrected chi connectivity index (χ1v) is 7.31. The maximum atomic E-state index is 11.6. The summed E-state index contributed by atoms with van der Waals surface area (Å²) in [5.74, 6) is 0. The molecule has 0 bridgehead atoms. The van der Waals surface area contributed by atoms with E-state index in [-0.39, 0.29) is 24.3 Å². The van der Waals surface area contributed by atoms with Crippen LogP contribution >= 0.6 is 0 Å². The van der Waals surface area contributed by atoms with Crippen molar-refractivity contribution >= 4 is 12.4 Å². The molecule has 2 atom stereocenters. The van der Waals surface area contributed by atoms with Crippen LogP contribution in [-0.2, 0) is 11.3 Å². The third-order valence-electron chi connectivity index (χ3n) is 3.37. The summed E-state index contributed by atoms with van der Waals surface area (Å²) in [4.78, 5) is 26.4. The molecule has 1 heterocycles. The topological polar surface area (TPSA) is 109 Å². The van der Waals surface area contributed by atoms with Crippen LogP contribution in [0.2, 0.25) is 0 Å². The van der Waals surface area contributed by atoms with Crippen LogP contribution in [0.15, 0.2) is 48.8 Å². The first-order valence-electron chi connectivity index (χ1n) is 7.31. The van der Waals surface area contributed by atoms with Crippen molar-refractivity contribution in [1.82, 2.24) is 10.3 Å². The molecule has 2 unspecified atom stereocenters. The number of rotatable bonds is 7. The van der Waals surface area contributed by atoms with Gasteiger partial charge in [0.2, 0.25) is 0 Å². The smallest absolute Gasteiger partial charge is 0.407 e. The quantitative estimate of drug-likeness (QED) is 0.659. The van der Waals surface area contributed by atoms with Gasteiger partial charge in [-0.1, -0.05) is 30.3 Å². The van der Waals surface area contributed by atoms with Gasteiger partial charge >= 0.3 is 6.09 Å². The van der Waals surface area contributed by atoms with Crippen LogP contribution in [-0.4, -0.2) is 40.2 Å². The number of aromatic nitrogens is 1. The number of alkyl carbamates (subject to hydrolysis) is 1. The number of nitrogens with zero attached hydrogens (tertiary/aromatic N) is 1. The van der Waals surface area contributed by atoms with Crippen LogP contribution in [0, 0.1) is 0 Å². The number of hydrogen-bond donors (Lipinski definition) is 3. The molecule has 3 N–H and O–H groups in total. The normalized spacial score (nSPS) is 12.9. The number of carbonyl (C=O) groups is 2. The molecule has 0 saturated heterocycles. The van der Waals surface area contributed by atoms with E-state index in [4.69, 9.17) is 4.74 Å². The number of hydrogen-bond acceptors (Lipinski definition) is 6. The summed E-state index contributed by atoms with van der Waals surface area (Å²) in [7, 11) is 0. The Morgan fingerprint density at radius 1 is 1.25 bits per heavy atom. The van der Waals surface area contributed by atoms with Gasteiger partial charge in [0.1, 0.15) is 18.8 Å². The summed E-state index contributed by atoms with van der Waals surface area (Å²) >= 11 is 0. The third-order valence-corrected chi connectivity index (χ3v) is 3.37. The predicted octanol–water partition coefficient (Wildman–Crippen LogP) is 1.21. The summed E-state index contributed by atoms with van der Waals surface area (Å²) in [5.41, 5.74) is 1.25. The second-order valence-corrected chi connectivity index (χ2v) is 5.08. The Morgan fingerprint density at radius 3 is 2.71 bits per heavy atom. The molecule has 126 valence electrons. The van der Waals surface area contributed by atoms with Gasteiger partial charge < -0.3 is 20.3 Å². The summed E-state index contributed by atoms with van der Waals surface area (Å²) in [6, 6.07) is 10.6. The number of ether oxygens (including phenoxy) is 1. The lowest BCUT2D eigenvalue weighted by Crippen LogP contribution is -2.36. The van der Waals surface area contributed by atoms with Gasteiger partial charge in [0.05, 0.1) is 0 Å². The van der Waals surface area contributed by atoms with Crippen molar-refractivity contribution in [2.24, 2.45) is 0 Å². The van der Waals surface area contributed by atoms with E-state index in [0.717, 1.165) is 5.56 Å². The van der Waals surface area contributed by atoms with Crippen molar-refractivity contribution in [3.63, 3.8) is 0 Å². The zero-order chi connectivity index (χ0) is 17.4. The Labute approximate surface area is 138 Å². The number of pyridine rings is 1. The molecule has 0 aliphatic heterocycles. The van der Waals surface area contributed by atoms with Gasteiger partial charge in [-0.05, 0) is 11.6 Å². The summed E-state index contributed by atoms with van der Waals surface area (Å²) in [6.07, 6.45) is -0.108. The molecular formula is C17H18N2O5. The predicted molar refractivity (Wildman–Crippen MR) is 85.2 cm³/mol. The second-order valence-electron chi connectivity index (χ2n) is 5.08. The van der Waals surface area contributed by atoms with Crippen molar-refractivity contribution in [3.8, 4) is 0 Å². The zero-order valence-electron chi connectivity index (χ0n) is 12.8. The van der Waals surface area contributed by atoms with E-state index >= 15 is 0 Å². The molecule has 0 aliphatic carbocycles. The fourth-order valence-corrected chi connectivity index (χ4v) is 2.05. The Morgan fingerprint density at radius 2 is 2.00 bits per heavy atom. The highest BCUT2D eigenvalue weighted by Gasteiger charge is 2.22. The van der Waals surface area contributed by atoms with Crippen LogP contribution in [0.5, 0.6) is 0 Å². The molecular weight excluding hydrogens is 312 g/mol. The number of amides is 1. The van der Waals surface area contributed by atoms with E-state index in [2.05, 4.69) is 10.3 Å². The standard InChI is InChI=1S/C17H18N2O5/c20-10-13-6-7-18-8-14(13)16(22)15(21)9-19-17(23)24-11-12-4-2-1-3-5-12/h1-8,10,15-16,21-22H,9,11H2,(H,19,23). The maximum absolute atomic E-state index is 11.6. The van der Waals surface area contributed by atoms with Gasteiger partial charge in [-0.15, -0.1) is 0 Å². The average Bonchev–Trinajstić information content (AvgIpc) is 2.64. The minimum atomic E-state index is -1.35. The number of aldehydes is 1. The molecule has 1 aromatic heterocycles. The fourth-order valence-electron chi connectivity index (χ4n) is 2.05. The molecule has 0 aliphatic rings. The van der Waals surface area contributed by atoms with Gasteiger partial charge in [0, 0.05) is 30.1 Å². The molecule has 0 fully saturated rings. The SMILES string of the molecule is O=Cc1ccncc1C(O)C(O)CNC(=O)OCc1ccccc1. The molecule has 0 radical (unpaired) electrons. The molecule has 0 spiro atoms. The van der Waals surface area contributed by atoms with E-state index in [1.807, 2.05) is 30.3 Å². The van der Waals surface area contributed by atoms with Gasteiger partial charge in [0.15, 0.2) is 6.29 Å². The number of aliphatic hydroxyl groups excluding tert-OH is 2. The van der Waals surface area contributed by atoms with Crippen LogP contribution in [0.25, 0.3) is 0 Å². The van der Waals surface area contributed by atoms with E-state index < -0.39 is 18.3 Å². The lowest BCUT2D eigenvalue weighted by Gasteiger charge is -2.19. The molecule has 1 aromatic carbocycles. The van der Waals surface area contributed by atoms with Crippen LogP contribution < -0.4 is 5.32 Å². The van der Waals surface area contributed by atoms with Gasteiger partial charge in [-0.2, -0.15) is 0 Å². The van der Waals surface area contributed by atoms with Crippen molar-refractivity contribution in [1.29, 1.82) is 0 Å². The zero-order valence-corrected chi connectivity index (χ0v) is 12.8. The molecule has 24 heavy (non-hydrogen) atoms. The lowest BCUT2D eigenvalue weighted by atomic mass is 10.0. The Kier molecular flexibility index (Phi) is 6.41. The Bertz CT molecular complexity index is 678. The van der Waals surface area contributed by atoms with Crippen molar-refractivity contribution < 1.29 is 24.5 Å².